The number of nitrogens with one attached hydrogen (secondary N) is 1. The summed E-state index contributed by atoms with van der Waals surface area (Å²) in [7, 11) is 0. The molecule has 2 rings (SSSR count). The lowest BCUT2D eigenvalue weighted by Gasteiger charge is -2.16. The van der Waals surface area contributed by atoms with Crippen LogP contribution in [0.5, 0.6) is 0 Å². The van der Waals surface area contributed by atoms with Crippen molar-refractivity contribution in [3.05, 3.63) is 82.6 Å². The van der Waals surface area contributed by atoms with E-state index in [0.29, 0.717) is 0 Å². The first-order valence-electron chi connectivity index (χ1n) is 8.74. The molecule has 24 heavy (non-hydrogen) atoms. The van der Waals surface area contributed by atoms with Gasteiger partial charge in [-0.15, -0.1) is 0 Å². The van der Waals surface area contributed by atoms with Crippen molar-refractivity contribution in [2.75, 3.05) is 0 Å². The minimum atomic E-state index is 0.141. The first kappa shape index (κ1) is 18.0. The van der Waals surface area contributed by atoms with Gasteiger partial charge in [-0.1, -0.05) is 68.5 Å². The first-order valence-corrected chi connectivity index (χ1v) is 8.74. The Morgan fingerprint density at radius 2 is 1.79 bits per heavy atom. The van der Waals surface area contributed by atoms with Crippen LogP contribution in [0.3, 0.4) is 0 Å². The summed E-state index contributed by atoms with van der Waals surface area (Å²) in [5.74, 6) is 0.141. The van der Waals surface area contributed by atoms with Crippen LogP contribution in [0.2, 0.25) is 0 Å². The van der Waals surface area contributed by atoms with E-state index < -0.39 is 0 Å². The van der Waals surface area contributed by atoms with E-state index in [1.807, 2.05) is 18.2 Å². The maximum Gasteiger partial charge on any atom is 0.160 e. The van der Waals surface area contributed by atoms with Crippen LogP contribution >= 0.6 is 0 Å². The molecule has 0 amide bonds. The fourth-order valence-corrected chi connectivity index (χ4v) is 3.03. The van der Waals surface area contributed by atoms with Gasteiger partial charge in [-0.3, -0.25) is 4.79 Å². The van der Waals surface area contributed by atoms with Gasteiger partial charge in [0.2, 0.25) is 0 Å². The van der Waals surface area contributed by atoms with Crippen LogP contribution in [-0.2, 0) is 19.4 Å². The summed E-state index contributed by atoms with van der Waals surface area (Å²) in [4.78, 5) is 11.8. The first-order chi connectivity index (χ1) is 11.7. The van der Waals surface area contributed by atoms with E-state index in [1.165, 1.54) is 16.8 Å². The molecule has 0 fully saturated rings. The summed E-state index contributed by atoms with van der Waals surface area (Å²) in [6.45, 7) is 6.66. The van der Waals surface area contributed by atoms with Crippen molar-refractivity contribution < 1.29 is 4.79 Å². The summed E-state index contributed by atoms with van der Waals surface area (Å²) in [5, 5.41) is 3.58. The van der Waals surface area contributed by atoms with Crippen molar-refractivity contribution in [2.45, 2.75) is 46.6 Å². The molecule has 0 aromatic heterocycles. The summed E-state index contributed by atoms with van der Waals surface area (Å²) < 4.78 is 0. The number of ketones is 1. The predicted molar refractivity (Wildman–Crippen MR) is 101 cm³/mol. The largest absolute Gasteiger partial charge is 0.384 e. The van der Waals surface area contributed by atoms with Crippen molar-refractivity contribution in [1.82, 2.24) is 5.32 Å². The molecule has 126 valence electrons. The third-order valence-electron chi connectivity index (χ3n) is 4.20. The van der Waals surface area contributed by atoms with Crippen LogP contribution in [0.1, 0.15) is 54.2 Å². The topological polar surface area (TPSA) is 29.1 Å². The monoisotopic (exact) mass is 321 g/mol. The number of Topliss-reactive ketones (excluding diaryl/α,β-unsaturated/α-hetero) is 1. The van der Waals surface area contributed by atoms with Gasteiger partial charge in [0.15, 0.2) is 5.78 Å². The highest BCUT2D eigenvalue weighted by Crippen LogP contribution is 2.17. The maximum atomic E-state index is 11.8. The third kappa shape index (κ3) is 4.82. The number of carbonyl (C=O) groups is 1. The zero-order chi connectivity index (χ0) is 17.4. The van der Waals surface area contributed by atoms with Gasteiger partial charge in [-0.2, -0.15) is 0 Å². The molecule has 0 unspecified atom stereocenters. The second-order valence-corrected chi connectivity index (χ2v) is 6.01. The van der Waals surface area contributed by atoms with E-state index in [4.69, 9.17) is 0 Å². The average Bonchev–Trinajstić information content (AvgIpc) is 2.60. The molecule has 1 N–H and O–H groups in total. The van der Waals surface area contributed by atoms with E-state index in [-0.39, 0.29) is 5.78 Å². The summed E-state index contributed by atoms with van der Waals surface area (Å²) in [6, 6.07) is 16.5. The predicted octanol–water partition coefficient (Wildman–Crippen LogP) is 5.08. The fraction of sp³-hybridized carbons (Fsp3) is 0.318. The van der Waals surface area contributed by atoms with Crippen molar-refractivity contribution >= 4 is 5.78 Å². The van der Waals surface area contributed by atoms with Crippen molar-refractivity contribution in [3.63, 3.8) is 0 Å². The summed E-state index contributed by atoms with van der Waals surface area (Å²) >= 11 is 0. The second-order valence-electron chi connectivity index (χ2n) is 6.01. The van der Waals surface area contributed by atoms with Gasteiger partial charge in [0.1, 0.15) is 0 Å². The van der Waals surface area contributed by atoms with E-state index in [1.54, 1.807) is 6.92 Å². The average molecular weight is 321 g/mol. The normalized spacial score (nSPS) is 11.4. The van der Waals surface area contributed by atoms with Gasteiger partial charge in [0.05, 0.1) is 0 Å². The standard InChI is InChI=1S/C22H27NO/c1-4-10-20(15-18-11-7-6-8-12-18)23-16-19-13-9-14-22(17(3)24)21(19)5-2/h6-14,23H,4-5,15-16H2,1-3H3. The van der Waals surface area contributed by atoms with Crippen LogP contribution < -0.4 is 5.32 Å². The molecule has 2 heteroatoms. The number of hydrogen-bond acceptors (Lipinski definition) is 2. The van der Waals surface area contributed by atoms with Crippen LogP contribution in [0.4, 0.5) is 0 Å². The second kappa shape index (κ2) is 9.07. The van der Waals surface area contributed by atoms with E-state index in [0.717, 1.165) is 36.9 Å². The lowest BCUT2D eigenvalue weighted by atomic mass is 9.96. The van der Waals surface area contributed by atoms with Crippen molar-refractivity contribution in [3.8, 4) is 0 Å². The van der Waals surface area contributed by atoms with E-state index >= 15 is 0 Å². The molecule has 0 saturated heterocycles. The highest BCUT2D eigenvalue weighted by atomic mass is 16.1. The SMILES string of the molecule is CCC=C(Cc1ccccc1)NCc1cccc(C(C)=O)c1CC. The molecule has 0 aliphatic rings. The zero-order valence-corrected chi connectivity index (χ0v) is 14.9. The molecule has 0 aliphatic heterocycles. The van der Waals surface area contributed by atoms with Gasteiger partial charge in [-0.25, -0.2) is 0 Å². The molecule has 0 bridgehead atoms. The Labute approximate surface area is 145 Å². The number of allylic oxidation sites excluding steroid dienone is 2. The fourth-order valence-electron chi connectivity index (χ4n) is 3.03. The molecule has 2 nitrogen and oxygen atoms in total. The smallest absolute Gasteiger partial charge is 0.160 e. The summed E-state index contributed by atoms with van der Waals surface area (Å²) in [5.41, 5.74) is 5.76. The minimum absolute atomic E-state index is 0.141. The lowest BCUT2D eigenvalue weighted by Crippen LogP contribution is -2.17. The van der Waals surface area contributed by atoms with Crippen molar-refractivity contribution in [2.24, 2.45) is 0 Å². The Morgan fingerprint density at radius 1 is 1.04 bits per heavy atom. The van der Waals surface area contributed by atoms with Crippen LogP contribution in [0.25, 0.3) is 0 Å². The van der Waals surface area contributed by atoms with Gasteiger partial charge in [-0.05, 0) is 36.5 Å². The minimum Gasteiger partial charge on any atom is -0.384 e. The Bertz CT molecular complexity index is 701. The Kier molecular flexibility index (Phi) is 6.80. The van der Waals surface area contributed by atoms with Crippen LogP contribution in [-0.4, -0.2) is 5.78 Å². The van der Waals surface area contributed by atoms with E-state index in [2.05, 4.69) is 55.6 Å². The lowest BCUT2D eigenvalue weighted by molar-refractivity contribution is 0.101. The van der Waals surface area contributed by atoms with Gasteiger partial charge >= 0.3 is 0 Å². The van der Waals surface area contributed by atoms with Gasteiger partial charge < -0.3 is 5.32 Å². The molecular weight excluding hydrogens is 294 g/mol. The Morgan fingerprint density at radius 3 is 2.42 bits per heavy atom. The van der Waals surface area contributed by atoms with Crippen LogP contribution in [0, 0.1) is 0 Å². The third-order valence-corrected chi connectivity index (χ3v) is 4.20. The molecule has 0 atom stereocenters. The number of carbonyl (C=O) groups excluding carboxylic acids is 1. The highest BCUT2D eigenvalue weighted by Gasteiger charge is 2.10. The zero-order valence-electron chi connectivity index (χ0n) is 14.9. The highest BCUT2D eigenvalue weighted by molar-refractivity contribution is 5.95. The molecule has 0 saturated carbocycles. The molecule has 0 radical (unpaired) electrons. The van der Waals surface area contributed by atoms with E-state index in [9.17, 15) is 4.79 Å². The van der Waals surface area contributed by atoms with Gasteiger partial charge in [0, 0.05) is 24.2 Å². The molecule has 2 aromatic rings. The van der Waals surface area contributed by atoms with Crippen LogP contribution in [0.15, 0.2) is 60.3 Å². The number of hydrogen-bond donors (Lipinski definition) is 1. The van der Waals surface area contributed by atoms with Gasteiger partial charge in [0.25, 0.3) is 0 Å². The number of benzene rings is 2. The molecule has 0 spiro atoms. The molecule has 2 aromatic carbocycles. The molecule has 0 aliphatic carbocycles. The quantitative estimate of drug-likeness (QED) is 0.687. The maximum absolute atomic E-state index is 11.8. The molecular formula is C22H27NO. The Hall–Kier alpha value is -2.35. The number of rotatable bonds is 8. The molecule has 0 heterocycles. The van der Waals surface area contributed by atoms with Crippen molar-refractivity contribution in [1.29, 1.82) is 0 Å². The summed E-state index contributed by atoms with van der Waals surface area (Å²) in [6.07, 6.45) is 5.03. The Balaban J connectivity index is 2.14.